The number of nitrogens with two attached hydrogens (primary N) is 1. The van der Waals surface area contributed by atoms with Gasteiger partial charge in [0.1, 0.15) is 5.75 Å². The average Bonchev–Trinajstić information content (AvgIpc) is 2.55. The highest BCUT2D eigenvalue weighted by molar-refractivity contribution is 6.30. The van der Waals surface area contributed by atoms with Gasteiger partial charge >= 0.3 is 0 Å². The number of anilines is 1. The van der Waals surface area contributed by atoms with Gasteiger partial charge in [0.05, 0.1) is 6.61 Å². The van der Waals surface area contributed by atoms with Crippen molar-refractivity contribution < 1.29 is 4.74 Å². The second-order valence-electron chi connectivity index (χ2n) is 6.53. The Morgan fingerprint density at radius 3 is 2.67 bits per heavy atom. The molecule has 1 heterocycles. The molecule has 0 saturated carbocycles. The lowest BCUT2D eigenvalue weighted by molar-refractivity contribution is 0.340. The van der Waals surface area contributed by atoms with E-state index in [0.717, 1.165) is 36.7 Å². The van der Waals surface area contributed by atoms with Crippen LogP contribution in [0.4, 0.5) is 5.69 Å². The molecule has 3 rings (SSSR count). The number of hydrogen-bond acceptors (Lipinski definition) is 3. The summed E-state index contributed by atoms with van der Waals surface area (Å²) < 4.78 is 5.52. The van der Waals surface area contributed by atoms with Crippen molar-refractivity contribution in [1.82, 2.24) is 0 Å². The number of rotatable bonds is 5. The van der Waals surface area contributed by atoms with Crippen molar-refractivity contribution >= 4 is 17.3 Å². The van der Waals surface area contributed by atoms with Crippen molar-refractivity contribution in [2.24, 2.45) is 11.7 Å². The van der Waals surface area contributed by atoms with Gasteiger partial charge in [-0.2, -0.15) is 0 Å². The molecule has 1 aliphatic heterocycles. The Bertz CT molecular complexity index is 659. The van der Waals surface area contributed by atoms with E-state index in [-0.39, 0.29) is 6.04 Å². The molecule has 0 aliphatic carbocycles. The zero-order chi connectivity index (χ0) is 16.9. The predicted molar refractivity (Wildman–Crippen MR) is 101 cm³/mol. The monoisotopic (exact) mass is 344 g/mol. The maximum Gasteiger partial charge on any atom is 0.119 e. The van der Waals surface area contributed by atoms with Crippen molar-refractivity contribution in [3.63, 3.8) is 0 Å². The lowest BCUT2D eigenvalue weighted by Crippen LogP contribution is -2.47. The molecule has 2 aromatic carbocycles. The van der Waals surface area contributed by atoms with Gasteiger partial charge in [-0.3, -0.25) is 0 Å². The van der Waals surface area contributed by atoms with Gasteiger partial charge in [-0.05, 0) is 67.6 Å². The maximum atomic E-state index is 6.32. The van der Waals surface area contributed by atoms with Crippen LogP contribution in [0, 0.1) is 5.92 Å². The van der Waals surface area contributed by atoms with Crippen molar-refractivity contribution in [1.29, 1.82) is 0 Å². The van der Waals surface area contributed by atoms with E-state index in [1.54, 1.807) is 0 Å². The first-order valence-corrected chi connectivity index (χ1v) is 8.99. The predicted octanol–water partition coefficient (Wildman–Crippen LogP) is 4.14. The highest BCUT2D eigenvalue weighted by Crippen LogP contribution is 2.27. The van der Waals surface area contributed by atoms with Crippen LogP contribution in [-0.2, 0) is 6.42 Å². The van der Waals surface area contributed by atoms with Crippen LogP contribution in [0.1, 0.15) is 18.9 Å². The number of nitrogens with zero attached hydrogens (tertiary/aromatic N) is 1. The Balaban J connectivity index is 1.68. The van der Waals surface area contributed by atoms with Crippen molar-refractivity contribution in [3.05, 3.63) is 59.1 Å². The fourth-order valence-corrected chi connectivity index (χ4v) is 3.74. The Hall–Kier alpha value is -1.71. The quantitative estimate of drug-likeness (QED) is 0.886. The molecule has 3 nitrogen and oxygen atoms in total. The molecule has 2 N–H and O–H groups in total. The van der Waals surface area contributed by atoms with Gasteiger partial charge in [-0.25, -0.2) is 0 Å². The minimum Gasteiger partial charge on any atom is -0.494 e. The molecule has 0 spiro atoms. The molecule has 1 fully saturated rings. The van der Waals surface area contributed by atoms with E-state index in [2.05, 4.69) is 29.2 Å². The average molecular weight is 345 g/mol. The van der Waals surface area contributed by atoms with E-state index in [0.29, 0.717) is 12.5 Å². The van der Waals surface area contributed by atoms with E-state index in [9.17, 15) is 0 Å². The highest BCUT2D eigenvalue weighted by Gasteiger charge is 2.25. The minimum atomic E-state index is 0.203. The van der Waals surface area contributed by atoms with E-state index < -0.39 is 0 Å². The summed E-state index contributed by atoms with van der Waals surface area (Å²) in [5.74, 6) is 1.46. The molecular weight excluding hydrogens is 320 g/mol. The van der Waals surface area contributed by atoms with E-state index in [1.807, 2.05) is 31.2 Å². The topological polar surface area (TPSA) is 38.5 Å². The molecule has 24 heavy (non-hydrogen) atoms. The fourth-order valence-electron chi connectivity index (χ4n) is 3.52. The van der Waals surface area contributed by atoms with E-state index in [1.165, 1.54) is 11.3 Å². The molecule has 1 saturated heterocycles. The van der Waals surface area contributed by atoms with Crippen LogP contribution in [0.3, 0.4) is 0 Å². The van der Waals surface area contributed by atoms with Crippen LogP contribution in [0.25, 0.3) is 0 Å². The maximum absolute atomic E-state index is 6.32. The Morgan fingerprint density at radius 1 is 1.17 bits per heavy atom. The van der Waals surface area contributed by atoms with Crippen molar-refractivity contribution in [2.45, 2.75) is 25.8 Å². The number of ether oxygens (including phenoxy) is 1. The molecule has 2 atom stereocenters. The molecule has 0 bridgehead atoms. The summed E-state index contributed by atoms with van der Waals surface area (Å²) in [6.45, 7) is 4.61. The molecular formula is C20H25ClN2O. The normalized spacial score (nSPS) is 20.9. The third-order valence-electron chi connectivity index (χ3n) is 4.50. The summed E-state index contributed by atoms with van der Waals surface area (Å²) in [5, 5.41) is 0.802. The summed E-state index contributed by atoms with van der Waals surface area (Å²) >= 11 is 6.11. The first-order chi connectivity index (χ1) is 11.6. The standard InChI is InChI=1S/C20H25ClN2O/c1-2-24-20-8-6-19(7-9-20)23-13-16(12-18(22)14-23)10-15-4-3-5-17(21)11-15/h3-9,11,16,18H,2,10,12-14,22H2,1H3. The Kier molecular flexibility index (Phi) is 5.64. The van der Waals surface area contributed by atoms with Crippen LogP contribution < -0.4 is 15.4 Å². The minimum absolute atomic E-state index is 0.203. The first kappa shape index (κ1) is 17.1. The van der Waals surface area contributed by atoms with Gasteiger partial charge in [-0.1, -0.05) is 23.7 Å². The largest absolute Gasteiger partial charge is 0.494 e. The van der Waals surface area contributed by atoms with Gasteiger partial charge in [0, 0.05) is 29.8 Å². The molecule has 2 aromatic rings. The molecule has 0 radical (unpaired) electrons. The second kappa shape index (κ2) is 7.91. The highest BCUT2D eigenvalue weighted by atomic mass is 35.5. The van der Waals surface area contributed by atoms with Gasteiger partial charge < -0.3 is 15.4 Å². The van der Waals surface area contributed by atoms with Gasteiger partial charge in [0.25, 0.3) is 0 Å². The third-order valence-corrected chi connectivity index (χ3v) is 4.73. The number of benzene rings is 2. The lowest BCUT2D eigenvalue weighted by Gasteiger charge is -2.38. The molecule has 0 aromatic heterocycles. The third kappa shape index (κ3) is 4.43. The smallest absolute Gasteiger partial charge is 0.119 e. The van der Waals surface area contributed by atoms with Gasteiger partial charge in [0.2, 0.25) is 0 Å². The molecule has 2 unspecified atom stereocenters. The van der Waals surface area contributed by atoms with Crippen LogP contribution in [-0.4, -0.2) is 25.7 Å². The zero-order valence-electron chi connectivity index (χ0n) is 14.1. The van der Waals surface area contributed by atoms with E-state index >= 15 is 0 Å². The number of halogens is 1. The summed E-state index contributed by atoms with van der Waals surface area (Å²) in [7, 11) is 0. The SMILES string of the molecule is CCOc1ccc(N2CC(N)CC(Cc3cccc(Cl)c3)C2)cc1. The second-order valence-corrected chi connectivity index (χ2v) is 6.96. The van der Waals surface area contributed by atoms with Gasteiger partial charge in [-0.15, -0.1) is 0 Å². The van der Waals surface area contributed by atoms with Gasteiger partial charge in [0.15, 0.2) is 0 Å². The Morgan fingerprint density at radius 2 is 1.96 bits per heavy atom. The van der Waals surface area contributed by atoms with Crippen LogP contribution in [0.15, 0.2) is 48.5 Å². The van der Waals surface area contributed by atoms with E-state index in [4.69, 9.17) is 22.1 Å². The molecule has 1 aliphatic rings. The van der Waals surface area contributed by atoms with Crippen LogP contribution >= 0.6 is 11.6 Å². The summed E-state index contributed by atoms with van der Waals surface area (Å²) in [6.07, 6.45) is 2.07. The molecule has 4 heteroatoms. The summed E-state index contributed by atoms with van der Waals surface area (Å²) in [4.78, 5) is 2.39. The number of piperidine rings is 1. The summed E-state index contributed by atoms with van der Waals surface area (Å²) in [5.41, 5.74) is 8.82. The molecule has 0 amide bonds. The Labute approximate surface area is 149 Å². The van der Waals surface area contributed by atoms with Crippen molar-refractivity contribution in [3.8, 4) is 5.75 Å². The van der Waals surface area contributed by atoms with Crippen LogP contribution in [0.5, 0.6) is 5.75 Å². The first-order valence-electron chi connectivity index (χ1n) is 8.62. The lowest BCUT2D eigenvalue weighted by atomic mass is 9.89. The fraction of sp³-hybridized carbons (Fsp3) is 0.400. The number of hydrogen-bond donors (Lipinski definition) is 1. The molecule has 128 valence electrons. The van der Waals surface area contributed by atoms with Crippen molar-refractivity contribution in [2.75, 3.05) is 24.6 Å². The van der Waals surface area contributed by atoms with Crippen LogP contribution in [0.2, 0.25) is 5.02 Å². The zero-order valence-corrected chi connectivity index (χ0v) is 14.9. The summed E-state index contributed by atoms with van der Waals surface area (Å²) in [6, 6.07) is 16.7.